The van der Waals surface area contributed by atoms with Gasteiger partial charge in [0.1, 0.15) is 0 Å². The molecule has 164 valence electrons. The van der Waals surface area contributed by atoms with Crippen molar-refractivity contribution >= 4 is 5.69 Å². The van der Waals surface area contributed by atoms with Crippen molar-refractivity contribution in [2.24, 2.45) is 5.41 Å². The highest BCUT2D eigenvalue weighted by Gasteiger charge is 2.41. The molecule has 2 saturated heterocycles. The van der Waals surface area contributed by atoms with Gasteiger partial charge in [0.15, 0.2) is 6.29 Å². The number of benzene rings is 2. The smallest absolute Gasteiger partial charge is 0.159 e. The van der Waals surface area contributed by atoms with Crippen LogP contribution in [0.4, 0.5) is 5.69 Å². The molecule has 4 rings (SSSR count). The molecule has 1 spiro atoms. The normalized spacial score (nSPS) is 18.4. The zero-order chi connectivity index (χ0) is 21.9. The molecule has 2 fully saturated rings. The van der Waals surface area contributed by atoms with Gasteiger partial charge in [0.2, 0.25) is 0 Å². The Bertz CT molecular complexity index is 896. The summed E-state index contributed by atoms with van der Waals surface area (Å²) in [5.74, 6) is 0. The Hall–Kier alpha value is -2.39. The summed E-state index contributed by atoms with van der Waals surface area (Å²) >= 11 is 0. The lowest BCUT2D eigenvalue weighted by Gasteiger charge is -2.46. The van der Waals surface area contributed by atoms with E-state index in [1.807, 2.05) is 24.3 Å². The minimum atomic E-state index is -0.157. The summed E-state index contributed by atoms with van der Waals surface area (Å²) in [6.07, 6.45) is 0.652. The topological polar surface area (TPSA) is 57.5 Å². The summed E-state index contributed by atoms with van der Waals surface area (Å²) in [5.41, 5.74) is 4.73. The number of anilines is 1. The van der Waals surface area contributed by atoms with Gasteiger partial charge in [0, 0.05) is 43.7 Å². The van der Waals surface area contributed by atoms with Crippen LogP contribution in [0.15, 0.2) is 48.5 Å². The molecule has 0 bridgehead atoms. The number of hydrogen-bond acceptors (Lipinski definition) is 5. The summed E-state index contributed by atoms with van der Waals surface area (Å²) in [7, 11) is 0. The highest BCUT2D eigenvalue weighted by atomic mass is 16.7. The molecule has 2 heterocycles. The second-order valence-electron chi connectivity index (χ2n) is 9.97. The van der Waals surface area contributed by atoms with E-state index < -0.39 is 0 Å². The lowest BCUT2D eigenvalue weighted by atomic mass is 9.83. The number of nitrogens with zero attached hydrogens (tertiary/aromatic N) is 2. The van der Waals surface area contributed by atoms with Gasteiger partial charge in [0.25, 0.3) is 0 Å². The summed E-state index contributed by atoms with van der Waals surface area (Å²) in [6, 6.07) is 18.9. The summed E-state index contributed by atoms with van der Waals surface area (Å²) in [5, 5.41) is 12.5. The van der Waals surface area contributed by atoms with Crippen LogP contribution in [-0.2, 0) is 21.4 Å². The largest absolute Gasteiger partial charge is 0.367 e. The third-order valence-electron chi connectivity index (χ3n) is 6.34. The molecule has 31 heavy (non-hydrogen) atoms. The van der Waals surface area contributed by atoms with Crippen molar-refractivity contribution in [1.29, 1.82) is 5.26 Å². The number of rotatable bonds is 6. The van der Waals surface area contributed by atoms with Gasteiger partial charge < -0.3 is 19.7 Å². The third-order valence-corrected chi connectivity index (χ3v) is 6.34. The molecule has 0 unspecified atom stereocenters. The number of nitrogens with one attached hydrogen (secondary N) is 1. The van der Waals surface area contributed by atoms with E-state index in [9.17, 15) is 0 Å². The average Bonchev–Trinajstić information content (AvgIpc) is 2.76. The van der Waals surface area contributed by atoms with Gasteiger partial charge in [-0.25, -0.2) is 0 Å². The minimum absolute atomic E-state index is 0.147. The minimum Gasteiger partial charge on any atom is -0.367 e. The van der Waals surface area contributed by atoms with E-state index in [0.29, 0.717) is 5.56 Å². The van der Waals surface area contributed by atoms with Crippen molar-refractivity contribution in [2.45, 2.75) is 45.4 Å². The molecular formula is C26H33N3O2. The molecule has 5 nitrogen and oxygen atoms in total. The average molecular weight is 420 g/mol. The highest BCUT2D eigenvalue weighted by Crippen LogP contribution is 2.30. The molecule has 2 aromatic rings. The van der Waals surface area contributed by atoms with Gasteiger partial charge in [-0.3, -0.25) is 0 Å². The van der Waals surface area contributed by atoms with E-state index >= 15 is 0 Å². The van der Waals surface area contributed by atoms with E-state index in [4.69, 9.17) is 14.7 Å². The van der Waals surface area contributed by atoms with E-state index in [1.165, 1.54) is 11.1 Å². The first kappa shape index (κ1) is 21.8. The van der Waals surface area contributed by atoms with Gasteiger partial charge in [-0.1, -0.05) is 45.0 Å². The van der Waals surface area contributed by atoms with E-state index in [-0.39, 0.29) is 17.1 Å². The highest BCUT2D eigenvalue weighted by molar-refractivity contribution is 5.50. The number of hydrogen-bond donors (Lipinski definition) is 1. The zero-order valence-electron chi connectivity index (χ0n) is 18.9. The molecule has 0 saturated carbocycles. The molecular weight excluding hydrogens is 386 g/mol. The predicted octanol–water partition coefficient (Wildman–Crippen LogP) is 4.21. The SMILES string of the molecule is CC(C)(C)c1ccc(CN(CCC2OCC3(CNC3)CO2)c2ccc(C#N)cc2)cc1. The Labute approximate surface area is 186 Å². The second-order valence-corrected chi connectivity index (χ2v) is 9.97. The second kappa shape index (κ2) is 9.00. The van der Waals surface area contributed by atoms with E-state index in [2.05, 4.69) is 61.3 Å². The first-order valence-corrected chi connectivity index (χ1v) is 11.2. The van der Waals surface area contributed by atoms with Crippen LogP contribution < -0.4 is 10.2 Å². The Balaban J connectivity index is 1.43. The lowest BCUT2D eigenvalue weighted by Crippen LogP contribution is -2.61. The maximum Gasteiger partial charge on any atom is 0.159 e. The van der Waals surface area contributed by atoms with Crippen molar-refractivity contribution in [3.63, 3.8) is 0 Å². The van der Waals surface area contributed by atoms with Crippen molar-refractivity contribution in [3.8, 4) is 6.07 Å². The van der Waals surface area contributed by atoms with Crippen LogP contribution in [-0.4, -0.2) is 39.1 Å². The third kappa shape index (κ3) is 5.27. The van der Waals surface area contributed by atoms with Crippen molar-refractivity contribution in [2.75, 3.05) is 37.7 Å². The van der Waals surface area contributed by atoms with Crippen molar-refractivity contribution < 1.29 is 9.47 Å². The molecule has 0 amide bonds. The van der Waals surface area contributed by atoms with Crippen molar-refractivity contribution in [3.05, 3.63) is 65.2 Å². The van der Waals surface area contributed by atoms with Crippen molar-refractivity contribution in [1.82, 2.24) is 5.32 Å². The molecule has 0 radical (unpaired) electrons. The monoisotopic (exact) mass is 419 g/mol. The number of ether oxygens (including phenoxy) is 2. The Morgan fingerprint density at radius 1 is 1.03 bits per heavy atom. The fourth-order valence-electron chi connectivity index (χ4n) is 4.12. The maximum atomic E-state index is 9.13. The van der Waals surface area contributed by atoms with Crippen LogP contribution in [0, 0.1) is 16.7 Å². The van der Waals surface area contributed by atoms with Gasteiger partial charge in [-0.05, 0) is 40.8 Å². The molecule has 2 aliphatic heterocycles. The van der Waals surface area contributed by atoms with Crippen LogP contribution in [0.1, 0.15) is 43.9 Å². The van der Waals surface area contributed by atoms with Crippen LogP contribution in [0.3, 0.4) is 0 Å². The predicted molar refractivity (Wildman–Crippen MR) is 123 cm³/mol. The Morgan fingerprint density at radius 3 is 2.19 bits per heavy atom. The number of nitriles is 1. The van der Waals surface area contributed by atoms with Crippen LogP contribution in [0.5, 0.6) is 0 Å². The molecule has 0 aromatic heterocycles. The lowest BCUT2D eigenvalue weighted by molar-refractivity contribution is -0.239. The Kier molecular flexibility index (Phi) is 6.34. The van der Waals surface area contributed by atoms with Gasteiger partial charge in [-0.15, -0.1) is 0 Å². The van der Waals surface area contributed by atoms with Gasteiger partial charge in [-0.2, -0.15) is 5.26 Å². The zero-order valence-corrected chi connectivity index (χ0v) is 18.9. The quantitative estimate of drug-likeness (QED) is 0.760. The standard InChI is InChI=1S/C26H33N3O2/c1-25(2,3)22-8-4-21(5-9-22)15-29(23-10-6-20(14-27)7-11-23)13-12-24-30-18-26(19-31-24)16-28-17-26/h4-11,24,28H,12-13,15-19H2,1-3H3. The summed E-state index contributed by atoms with van der Waals surface area (Å²) in [6.45, 7) is 11.9. The fourth-order valence-corrected chi connectivity index (χ4v) is 4.12. The van der Waals surface area contributed by atoms with Gasteiger partial charge >= 0.3 is 0 Å². The molecule has 1 N–H and O–H groups in total. The summed E-state index contributed by atoms with van der Waals surface area (Å²) in [4.78, 5) is 2.34. The van der Waals surface area contributed by atoms with E-state index in [0.717, 1.165) is 51.5 Å². The van der Waals surface area contributed by atoms with Crippen LogP contribution in [0.2, 0.25) is 0 Å². The molecule has 5 heteroatoms. The molecule has 2 aromatic carbocycles. The molecule has 0 aliphatic carbocycles. The fraction of sp³-hybridized carbons (Fsp3) is 0.500. The van der Waals surface area contributed by atoms with Crippen LogP contribution in [0.25, 0.3) is 0 Å². The van der Waals surface area contributed by atoms with Gasteiger partial charge in [0.05, 0.1) is 24.8 Å². The first-order chi connectivity index (χ1) is 14.9. The Morgan fingerprint density at radius 2 is 1.68 bits per heavy atom. The molecule has 2 aliphatic rings. The van der Waals surface area contributed by atoms with E-state index in [1.54, 1.807) is 0 Å². The van der Waals surface area contributed by atoms with Crippen LogP contribution >= 0.6 is 0 Å². The molecule has 0 atom stereocenters. The first-order valence-electron chi connectivity index (χ1n) is 11.2. The maximum absolute atomic E-state index is 9.13. The summed E-state index contributed by atoms with van der Waals surface area (Å²) < 4.78 is 12.1.